The lowest BCUT2D eigenvalue weighted by Gasteiger charge is -2.20. The van der Waals surface area contributed by atoms with Crippen LogP contribution in [0.15, 0.2) is 52.3 Å². The minimum absolute atomic E-state index is 0.122. The smallest absolute Gasteiger partial charge is 0.243 e. The molecule has 0 aliphatic rings. The number of nitrogens with one attached hydrogen (secondary N) is 1. The van der Waals surface area contributed by atoms with E-state index in [0.717, 1.165) is 16.0 Å². The number of hydrogen-bond donors (Lipinski definition) is 1. The molecule has 0 aliphatic carbocycles. The maximum Gasteiger partial charge on any atom is 0.243 e. The second-order valence-corrected chi connectivity index (χ2v) is 9.57. The van der Waals surface area contributed by atoms with Gasteiger partial charge in [0, 0.05) is 35.8 Å². The first kappa shape index (κ1) is 22.5. The van der Waals surface area contributed by atoms with Crippen LogP contribution in [0.3, 0.4) is 0 Å². The summed E-state index contributed by atoms with van der Waals surface area (Å²) in [6.07, 6.45) is 0.352. The third-order valence-corrected chi connectivity index (χ3v) is 7.64. The van der Waals surface area contributed by atoms with Gasteiger partial charge in [0.05, 0.1) is 4.90 Å². The molecule has 0 radical (unpaired) electrons. The van der Waals surface area contributed by atoms with E-state index in [1.165, 1.54) is 4.31 Å². The standard InChI is InChI=1S/C21H28N2O3S2/c1-5-23(6-2)28(25,26)19-14-16(3)17(4)20(15-19)22-21(24)12-13-27-18-10-8-7-9-11-18/h7-11,14-15H,5-6,12-13H2,1-4H3,(H,22,24). The van der Waals surface area contributed by atoms with E-state index in [1.54, 1.807) is 23.9 Å². The molecule has 7 heteroatoms. The number of thioether (sulfide) groups is 1. The van der Waals surface area contributed by atoms with E-state index in [0.29, 0.717) is 31.0 Å². The first-order valence-corrected chi connectivity index (χ1v) is 11.8. The number of hydrogen-bond acceptors (Lipinski definition) is 4. The number of carbonyl (C=O) groups excluding carboxylic acids is 1. The molecular weight excluding hydrogens is 392 g/mol. The molecule has 1 N–H and O–H groups in total. The molecule has 5 nitrogen and oxygen atoms in total. The van der Waals surface area contributed by atoms with Gasteiger partial charge in [-0.2, -0.15) is 4.31 Å². The van der Waals surface area contributed by atoms with Gasteiger partial charge in [0.15, 0.2) is 0 Å². The summed E-state index contributed by atoms with van der Waals surface area (Å²) in [6, 6.07) is 13.2. The molecule has 1 amide bonds. The fraction of sp³-hybridized carbons (Fsp3) is 0.381. The molecular formula is C21H28N2O3S2. The molecule has 0 aliphatic heterocycles. The van der Waals surface area contributed by atoms with Crippen molar-refractivity contribution in [1.29, 1.82) is 0 Å². The van der Waals surface area contributed by atoms with Gasteiger partial charge in [0.25, 0.3) is 0 Å². The van der Waals surface area contributed by atoms with Gasteiger partial charge >= 0.3 is 0 Å². The monoisotopic (exact) mass is 420 g/mol. The van der Waals surface area contributed by atoms with Gasteiger partial charge < -0.3 is 5.32 Å². The Morgan fingerprint density at radius 2 is 1.71 bits per heavy atom. The highest BCUT2D eigenvalue weighted by Crippen LogP contribution is 2.26. The maximum atomic E-state index is 12.8. The SMILES string of the molecule is CCN(CC)S(=O)(=O)c1cc(C)c(C)c(NC(=O)CCSc2ccccc2)c1. The lowest BCUT2D eigenvalue weighted by atomic mass is 10.1. The van der Waals surface area contributed by atoms with Crippen molar-refractivity contribution in [2.45, 2.75) is 43.9 Å². The van der Waals surface area contributed by atoms with E-state index < -0.39 is 10.0 Å². The van der Waals surface area contributed by atoms with Gasteiger partial charge in [-0.05, 0) is 49.2 Å². The Bertz CT molecular complexity index is 909. The van der Waals surface area contributed by atoms with Crippen LogP contribution in [0.4, 0.5) is 5.69 Å². The van der Waals surface area contributed by atoms with E-state index >= 15 is 0 Å². The molecule has 2 rings (SSSR count). The van der Waals surface area contributed by atoms with Crippen molar-refractivity contribution in [3.05, 3.63) is 53.6 Å². The van der Waals surface area contributed by atoms with E-state index in [9.17, 15) is 13.2 Å². The summed E-state index contributed by atoms with van der Waals surface area (Å²) in [5, 5.41) is 2.89. The third kappa shape index (κ3) is 5.59. The van der Waals surface area contributed by atoms with Crippen LogP contribution in [0.2, 0.25) is 0 Å². The second-order valence-electron chi connectivity index (χ2n) is 6.46. The summed E-state index contributed by atoms with van der Waals surface area (Å²) < 4.78 is 27.1. The Hall–Kier alpha value is -1.83. The predicted octanol–water partition coefficient (Wildman–Crippen LogP) is 4.45. The minimum Gasteiger partial charge on any atom is -0.326 e. The lowest BCUT2D eigenvalue weighted by molar-refractivity contribution is -0.115. The average Bonchev–Trinajstić information content (AvgIpc) is 2.66. The summed E-state index contributed by atoms with van der Waals surface area (Å²) in [7, 11) is -3.57. The first-order valence-electron chi connectivity index (χ1n) is 9.38. The van der Waals surface area contributed by atoms with Crippen LogP contribution in [0, 0.1) is 13.8 Å². The Labute approximate surface area is 172 Å². The van der Waals surface area contributed by atoms with E-state index in [2.05, 4.69) is 5.32 Å². The van der Waals surface area contributed by atoms with Crippen molar-refractivity contribution in [2.75, 3.05) is 24.2 Å². The van der Waals surface area contributed by atoms with Crippen LogP contribution in [0.5, 0.6) is 0 Å². The van der Waals surface area contributed by atoms with Gasteiger partial charge in [-0.25, -0.2) is 8.42 Å². The third-order valence-electron chi connectivity index (χ3n) is 4.60. The fourth-order valence-corrected chi connectivity index (χ4v) is 5.25. The quantitative estimate of drug-likeness (QED) is 0.609. The number of benzene rings is 2. The van der Waals surface area contributed by atoms with Gasteiger partial charge in [-0.1, -0.05) is 32.0 Å². The highest BCUT2D eigenvalue weighted by Gasteiger charge is 2.23. The molecule has 2 aromatic rings. The molecule has 0 spiro atoms. The van der Waals surface area contributed by atoms with Crippen LogP contribution in [0.25, 0.3) is 0 Å². The Balaban J connectivity index is 2.12. The van der Waals surface area contributed by atoms with Gasteiger partial charge in [-0.3, -0.25) is 4.79 Å². The van der Waals surface area contributed by atoms with E-state index in [4.69, 9.17) is 0 Å². The number of rotatable bonds is 9. The van der Waals surface area contributed by atoms with Crippen LogP contribution in [-0.2, 0) is 14.8 Å². The number of amides is 1. The van der Waals surface area contributed by atoms with Crippen molar-refractivity contribution >= 4 is 33.4 Å². The summed E-state index contributed by atoms with van der Waals surface area (Å²) in [5.74, 6) is 0.536. The summed E-state index contributed by atoms with van der Waals surface area (Å²) in [6.45, 7) is 8.19. The predicted molar refractivity (Wildman–Crippen MR) is 116 cm³/mol. The highest BCUT2D eigenvalue weighted by molar-refractivity contribution is 7.99. The van der Waals surface area contributed by atoms with Crippen molar-refractivity contribution in [3.8, 4) is 0 Å². The van der Waals surface area contributed by atoms with Gasteiger partial charge in [0.1, 0.15) is 0 Å². The Kier molecular flexibility index (Phi) is 8.10. The zero-order valence-corrected chi connectivity index (χ0v) is 18.5. The summed E-state index contributed by atoms with van der Waals surface area (Å²) in [5.41, 5.74) is 2.27. The maximum absolute atomic E-state index is 12.8. The Morgan fingerprint density at radius 3 is 2.32 bits per heavy atom. The molecule has 0 aromatic heterocycles. The zero-order valence-electron chi connectivity index (χ0n) is 16.9. The molecule has 0 bridgehead atoms. The molecule has 0 unspecified atom stereocenters. The van der Waals surface area contributed by atoms with Crippen LogP contribution in [0.1, 0.15) is 31.4 Å². The lowest BCUT2D eigenvalue weighted by Crippen LogP contribution is -2.30. The molecule has 0 fully saturated rings. The normalized spacial score (nSPS) is 11.6. The molecule has 0 saturated heterocycles. The van der Waals surface area contributed by atoms with Crippen molar-refractivity contribution in [3.63, 3.8) is 0 Å². The summed E-state index contributed by atoms with van der Waals surface area (Å²) in [4.78, 5) is 13.7. The molecule has 2 aromatic carbocycles. The van der Waals surface area contributed by atoms with Crippen LogP contribution in [-0.4, -0.2) is 37.5 Å². The first-order chi connectivity index (χ1) is 13.3. The van der Waals surface area contributed by atoms with Crippen molar-refractivity contribution in [1.82, 2.24) is 4.31 Å². The highest BCUT2D eigenvalue weighted by atomic mass is 32.2. The fourth-order valence-electron chi connectivity index (χ4n) is 2.81. The zero-order chi connectivity index (χ0) is 20.7. The van der Waals surface area contributed by atoms with E-state index in [-0.39, 0.29) is 10.8 Å². The number of sulfonamides is 1. The number of anilines is 1. The Morgan fingerprint density at radius 1 is 1.07 bits per heavy atom. The number of aryl methyl sites for hydroxylation is 1. The largest absolute Gasteiger partial charge is 0.326 e. The van der Waals surface area contributed by atoms with Crippen LogP contribution >= 0.6 is 11.8 Å². The molecule has 0 saturated carbocycles. The topological polar surface area (TPSA) is 66.5 Å². The minimum atomic E-state index is -3.57. The van der Waals surface area contributed by atoms with Gasteiger partial charge in [-0.15, -0.1) is 11.8 Å². The molecule has 28 heavy (non-hydrogen) atoms. The second kappa shape index (κ2) is 10.1. The molecule has 152 valence electrons. The van der Waals surface area contributed by atoms with Crippen molar-refractivity contribution < 1.29 is 13.2 Å². The van der Waals surface area contributed by atoms with E-state index in [1.807, 2.05) is 58.0 Å². The van der Waals surface area contributed by atoms with Crippen molar-refractivity contribution in [2.24, 2.45) is 0 Å². The molecule has 0 heterocycles. The van der Waals surface area contributed by atoms with Crippen LogP contribution < -0.4 is 5.32 Å². The molecule has 0 atom stereocenters. The summed E-state index contributed by atoms with van der Waals surface area (Å²) >= 11 is 1.62. The van der Waals surface area contributed by atoms with Gasteiger partial charge in [0.2, 0.25) is 15.9 Å². The average molecular weight is 421 g/mol. The number of nitrogens with zero attached hydrogens (tertiary/aromatic N) is 1. The number of carbonyl (C=O) groups is 1.